The Bertz CT molecular complexity index is 602. The maximum Gasteiger partial charge on any atom is 0.240 e. The van der Waals surface area contributed by atoms with Crippen molar-refractivity contribution >= 4 is 23.7 Å². The maximum absolute atomic E-state index is 11.9. The average Bonchev–Trinajstić information content (AvgIpc) is 2.48. The first-order chi connectivity index (χ1) is 9.22. The first-order valence-electron chi connectivity index (χ1n) is 5.43. The van der Waals surface area contributed by atoms with Gasteiger partial charge in [0, 0.05) is 11.1 Å². The summed E-state index contributed by atoms with van der Waals surface area (Å²) in [7, 11) is 0. The van der Waals surface area contributed by atoms with E-state index in [0.717, 1.165) is 6.29 Å². The summed E-state index contributed by atoms with van der Waals surface area (Å²) < 4.78 is 17.1. The Kier molecular flexibility index (Phi) is 4.20. The SMILES string of the molecule is O=Cc1ccc(OS(=O)c2ccc(C=O)cc2)cc1. The molecule has 0 heterocycles. The lowest BCUT2D eigenvalue weighted by atomic mass is 10.2. The molecule has 5 heteroatoms. The summed E-state index contributed by atoms with van der Waals surface area (Å²) in [5, 5.41) is 0. The molecule has 0 bridgehead atoms. The van der Waals surface area contributed by atoms with Crippen LogP contribution in [0.4, 0.5) is 0 Å². The van der Waals surface area contributed by atoms with Crippen LogP contribution in [-0.4, -0.2) is 16.8 Å². The lowest BCUT2D eigenvalue weighted by Gasteiger charge is -2.05. The Hall–Kier alpha value is -2.27. The number of aldehydes is 2. The van der Waals surface area contributed by atoms with E-state index in [4.69, 9.17) is 4.18 Å². The third-order valence-electron chi connectivity index (χ3n) is 2.40. The van der Waals surface area contributed by atoms with Gasteiger partial charge >= 0.3 is 0 Å². The Morgan fingerprint density at radius 2 is 1.26 bits per heavy atom. The summed E-state index contributed by atoms with van der Waals surface area (Å²) >= 11 is -1.66. The van der Waals surface area contributed by atoms with Gasteiger partial charge in [-0.15, -0.1) is 0 Å². The Labute approximate surface area is 112 Å². The van der Waals surface area contributed by atoms with Gasteiger partial charge in [0.25, 0.3) is 0 Å². The summed E-state index contributed by atoms with van der Waals surface area (Å²) in [6, 6.07) is 12.6. The van der Waals surface area contributed by atoms with Crippen LogP contribution in [0, 0.1) is 0 Å². The lowest BCUT2D eigenvalue weighted by Crippen LogP contribution is -2.01. The zero-order valence-electron chi connectivity index (χ0n) is 9.81. The highest BCUT2D eigenvalue weighted by Crippen LogP contribution is 2.16. The van der Waals surface area contributed by atoms with Gasteiger partial charge in [-0.25, -0.2) is 4.21 Å². The minimum Gasteiger partial charge on any atom is -0.397 e. The molecule has 0 aromatic heterocycles. The van der Waals surface area contributed by atoms with E-state index in [1.54, 1.807) is 48.5 Å². The molecule has 0 radical (unpaired) electrons. The van der Waals surface area contributed by atoms with Crippen molar-refractivity contribution in [1.29, 1.82) is 0 Å². The number of hydrogen-bond acceptors (Lipinski definition) is 4. The molecular formula is C14H10O4S. The minimum atomic E-state index is -1.66. The molecule has 19 heavy (non-hydrogen) atoms. The van der Waals surface area contributed by atoms with E-state index in [1.165, 1.54) is 0 Å². The third-order valence-corrected chi connectivity index (χ3v) is 3.40. The topological polar surface area (TPSA) is 60.4 Å². The minimum absolute atomic E-state index is 0.406. The molecule has 0 N–H and O–H groups in total. The van der Waals surface area contributed by atoms with Crippen LogP contribution < -0.4 is 4.18 Å². The third kappa shape index (κ3) is 3.35. The van der Waals surface area contributed by atoms with E-state index in [0.29, 0.717) is 28.1 Å². The first kappa shape index (κ1) is 13.2. The fourth-order valence-electron chi connectivity index (χ4n) is 1.39. The summed E-state index contributed by atoms with van der Waals surface area (Å²) in [6.07, 6.45) is 1.44. The van der Waals surface area contributed by atoms with Gasteiger partial charge in [-0.05, 0) is 36.4 Å². The van der Waals surface area contributed by atoms with E-state index < -0.39 is 11.1 Å². The van der Waals surface area contributed by atoms with Gasteiger partial charge in [0.1, 0.15) is 18.3 Å². The Balaban J connectivity index is 2.10. The number of hydrogen-bond donors (Lipinski definition) is 0. The van der Waals surface area contributed by atoms with E-state index >= 15 is 0 Å². The van der Waals surface area contributed by atoms with Crippen molar-refractivity contribution in [2.45, 2.75) is 4.90 Å². The molecule has 0 amide bonds. The summed E-state index contributed by atoms with van der Waals surface area (Å²) in [6.45, 7) is 0. The molecule has 0 aliphatic heterocycles. The van der Waals surface area contributed by atoms with Crippen LogP contribution in [0.1, 0.15) is 20.7 Å². The van der Waals surface area contributed by atoms with E-state index in [2.05, 4.69) is 0 Å². The predicted octanol–water partition coefficient (Wildman–Crippen LogP) is 2.41. The fourth-order valence-corrected chi connectivity index (χ4v) is 2.14. The highest BCUT2D eigenvalue weighted by molar-refractivity contribution is 7.80. The van der Waals surface area contributed by atoms with Gasteiger partial charge in [-0.3, -0.25) is 9.59 Å². The number of benzene rings is 2. The Morgan fingerprint density at radius 1 is 0.789 bits per heavy atom. The van der Waals surface area contributed by atoms with Crippen molar-refractivity contribution in [3.05, 3.63) is 59.7 Å². The quantitative estimate of drug-likeness (QED) is 0.785. The maximum atomic E-state index is 11.9. The summed E-state index contributed by atoms with van der Waals surface area (Å²) in [5.74, 6) is 0.406. The highest BCUT2D eigenvalue weighted by Gasteiger charge is 2.06. The van der Waals surface area contributed by atoms with Crippen molar-refractivity contribution in [3.63, 3.8) is 0 Å². The predicted molar refractivity (Wildman–Crippen MR) is 70.7 cm³/mol. The molecule has 0 fully saturated rings. The van der Waals surface area contributed by atoms with Gasteiger partial charge in [-0.2, -0.15) is 0 Å². The molecular weight excluding hydrogens is 264 g/mol. The van der Waals surface area contributed by atoms with Crippen LogP contribution in [0.15, 0.2) is 53.4 Å². The van der Waals surface area contributed by atoms with Gasteiger partial charge in [0.15, 0.2) is 0 Å². The van der Waals surface area contributed by atoms with Crippen LogP contribution in [0.25, 0.3) is 0 Å². The average molecular weight is 274 g/mol. The van der Waals surface area contributed by atoms with Gasteiger partial charge in [0.2, 0.25) is 11.1 Å². The van der Waals surface area contributed by atoms with Crippen molar-refractivity contribution in [2.75, 3.05) is 0 Å². The van der Waals surface area contributed by atoms with Crippen molar-refractivity contribution < 1.29 is 18.0 Å². The van der Waals surface area contributed by atoms with Crippen LogP contribution in [0.3, 0.4) is 0 Å². The molecule has 2 rings (SSSR count). The molecule has 2 aromatic carbocycles. The van der Waals surface area contributed by atoms with Gasteiger partial charge < -0.3 is 4.18 Å². The zero-order chi connectivity index (χ0) is 13.7. The smallest absolute Gasteiger partial charge is 0.240 e. The first-order valence-corrected chi connectivity index (χ1v) is 6.51. The van der Waals surface area contributed by atoms with E-state index in [1.807, 2.05) is 0 Å². The van der Waals surface area contributed by atoms with Gasteiger partial charge in [-0.1, -0.05) is 12.1 Å². The summed E-state index contributed by atoms with van der Waals surface area (Å²) in [5.41, 5.74) is 1.03. The van der Waals surface area contributed by atoms with E-state index in [9.17, 15) is 13.8 Å². The molecule has 1 unspecified atom stereocenters. The standard InChI is InChI=1S/C14H10O4S/c15-9-11-1-5-13(6-2-11)18-19(17)14-7-3-12(10-16)4-8-14/h1-10H. The highest BCUT2D eigenvalue weighted by atomic mass is 32.2. The molecule has 0 aliphatic carbocycles. The molecule has 0 spiro atoms. The second-order valence-electron chi connectivity index (χ2n) is 3.69. The van der Waals surface area contributed by atoms with Crippen molar-refractivity contribution in [3.8, 4) is 5.75 Å². The van der Waals surface area contributed by atoms with Crippen molar-refractivity contribution in [2.24, 2.45) is 0 Å². The molecule has 2 aromatic rings. The summed E-state index contributed by atoms with van der Waals surface area (Å²) in [4.78, 5) is 21.5. The second-order valence-corrected chi connectivity index (χ2v) is 4.80. The van der Waals surface area contributed by atoms with E-state index in [-0.39, 0.29) is 0 Å². The normalized spacial score (nSPS) is 11.6. The Morgan fingerprint density at radius 3 is 1.74 bits per heavy atom. The molecule has 96 valence electrons. The van der Waals surface area contributed by atoms with Crippen LogP contribution in [0.5, 0.6) is 5.75 Å². The number of rotatable bonds is 5. The number of carbonyl (C=O) groups excluding carboxylic acids is 2. The van der Waals surface area contributed by atoms with Crippen LogP contribution in [0.2, 0.25) is 0 Å². The van der Waals surface area contributed by atoms with Crippen LogP contribution >= 0.6 is 0 Å². The molecule has 0 saturated carbocycles. The van der Waals surface area contributed by atoms with Crippen LogP contribution in [-0.2, 0) is 11.1 Å². The number of carbonyl (C=O) groups is 2. The fraction of sp³-hybridized carbons (Fsp3) is 0. The molecule has 4 nitrogen and oxygen atoms in total. The zero-order valence-corrected chi connectivity index (χ0v) is 10.6. The lowest BCUT2D eigenvalue weighted by molar-refractivity contribution is 0.111. The molecule has 0 aliphatic rings. The molecule has 0 saturated heterocycles. The van der Waals surface area contributed by atoms with Crippen molar-refractivity contribution in [1.82, 2.24) is 0 Å². The largest absolute Gasteiger partial charge is 0.397 e. The molecule has 1 atom stereocenters. The monoisotopic (exact) mass is 274 g/mol. The second kappa shape index (κ2) is 6.06. The van der Waals surface area contributed by atoms with Gasteiger partial charge in [0.05, 0.1) is 4.90 Å².